The summed E-state index contributed by atoms with van der Waals surface area (Å²) in [7, 11) is 1.49. The van der Waals surface area contributed by atoms with Gasteiger partial charge >= 0.3 is 0 Å². The third-order valence-electron chi connectivity index (χ3n) is 2.39. The number of carbonyl (C=O) groups excluding carboxylic acids is 1. The van der Waals surface area contributed by atoms with E-state index in [-0.39, 0.29) is 19.1 Å². The second kappa shape index (κ2) is 6.22. The van der Waals surface area contributed by atoms with Crippen molar-refractivity contribution in [1.29, 1.82) is 0 Å². The summed E-state index contributed by atoms with van der Waals surface area (Å²) in [5.74, 6) is -0.282. The van der Waals surface area contributed by atoms with Crippen molar-refractivity contribution in [2.45, 2.75) is 13.0 Å². The third kappa shape index (κ3) is 3.72. The van der Waals surface area contributed by atoms with E-state index in [2.05, 4.69) is 5.32 Å². The van der Waals surface area contributed by atoms with Gasteiger partial charge in [0.05, 0.1) is 18.3 Å². The Morgan fingerprint density at radius 2 is 2.29 bits per heavy atom. The zero-order chi connectivity index (χ0) is 12.8. The van der Waals surface area contributed by atoms with Gasteiger partial charge in [0.25, 0.3) is 5.91 Å². The van der Waals surface area contributed by atoms with Crippen molar-refractivity contribution >= 4 is 11.6 Å². The van der Waals surface area contributed by atoms with Gasteiger partial charge < -0.3 is 20.9 Å². The fraction of sp³-hybridized carbons (Fsp3) is 0.417. The Kier molecular flexibility index (Phi) is 4.93. The standard InChI is InChI=1S/C12H18N2O3/c1-8-4-3-5-10(13)11(8)12(16)14-6-9(15)7-17-2/h3-5,9,15H,6-7,13H2,1-2H3,(H,14,16). The van der Waals surface area contributed by atoms with E-state index in [1.54, 1.807) is 12.1 Å². The van der Waals surface area contributed by atoms with Crippen LogP contribution in [-0.4, -0.2) is 37.4 Å². The lowest BCUT2D eigenvalue weighted by Gasteiger charge is -2.13. The molecule has 0 spiro atoms. The highest BCUT2D eigenvalue weighted by Gasteiger charge is 2.13. The van der Waals surface area contributed by atoms with Crippen LogP contribution in [0.3, 0.4) is 0 Å². The first-order valence-electron chi connectivity index (χ1n) is 5.36. The van der Waals surface area contributed by atoms with Gasteiger partial charge in [0.15, 0.2) is 0 Å². The SMILES string of the molecule is COCC(O)CNC(=O)c1c(C)cccc1N. The highest BCUT2D eigenvalue weighted by atomic mass is 16.5. The Balaban J connectivity index is 2.64. The van der Waals surface area contributed by atoms with E-state index in [9.17, 15) is 9.90 Å². The Morgan fingerprint density at radius 1 is 1.59 bits per heavy atom. The second-order valence-electron chi connectivity index (χ2n) is 3.86. The minimum absolute atomic E-state index is 0.139. The van der Waals surface area contributed by atoms with Gasteiger partial charge in [0.1, 0.15) is 0 Å². The molecule has 0 heterocycles. The maximum Gasteiger partial charge on any atom is 0.253 e. The topological polar surface area (TPSA) is 84.6 Å². The minimum atomic E-state index is -0.714. The molecule has 94 valence electrons. The van der Waals surface area contributed by atoms with Gasteiger partial charge in [0.2, 0.25) is 0 Å². The predicted molar refractivity (Wildman–Crippen MR) is 65.8 cm³/mol. The maximum atomic E-state index is 11.9. The second-order valence-corrected chi connectivity index (χ2v) is 3.86. The predicted octanol–water partition coefficient (Wildman–Crippen LogP) is 0.314. The number of anilines is 1. The lowest BCUT2D eigenvalue weighted by molar-refractivity contribution is 0.0610. The quantitative estimate of drug-likeness (QED) is 0.645. The number of nitrogens with one attached hydrogen (secondary N) is 1. The van der Waals surface area contributed by atoms with Crippen molar-refractivity contribution < 1.29 is 14.6 Å². The lowest BCUT2D eigenvalue weighted by Crippen LogP contribution is -2.35. The molecule has 0 saturated heterocycles. The molecular weight excluding hydrogens is 220 g/mol. The summed E-state index contributed by atoms with van der Waals surface area (Å²) in [6.07, 6.45) is -0.714. The van der Waals surface area contributed by atoms with Gasteiger partial charge in [-0.1, -0.05) is 12.1 Å². The molecule has 1 amide bonds. The van der Waals surface area contributed by atoms with Gasteiger partial charge in [-0.25, -0.2) is 0 Å². The summed E-state index contributed by atoms with van der Waals surface area (Å²) in [4.78, 5) is 11.9. The molecule has 0 aliphatic carbocycles. The Labute approximate surface area is 101 Å². The van der Waals surface area contributed by atoms with Crippen LogP contribution >= 0.6 is 0 Å². The highest BCUT2D eigenvalue weighted by molar-refractivity contribution is 6.00. The van der Waals surface area contributed by atoms with Gasteiger partial charge in [0, 0.05) is 19.3 Å². The molecule has 1 aromatic rings. The number of amides is 1. The first kappa shape index (κ1) is 13.5. The number of hydrogen-bond acceptors (Lipinski definition) is 4. The summed E-state index contributed by atoms with van der Waals surface area (Å²) < 4.78 is 4.76. The zero-order valence-electron chi connectivity index (χ0n) is 10.1. The number of methoxy groups -OCH3 is 1. The average Bonchev–Trinajstić information content (AvgIpc) is 2.26. The van der Waals surface area contributed by atoms with E-state index in [1.165, 1.54) is 7.11 Å². The first-order chi connectivity index (χ1) is 8.06. The van der Waals surface area contributed by atoms with E-state index in [0.717, 1.165) is 5.56 Å². The van der Waals surface area contributed by atoms with Crippen molar-refractivity contribution in [3.63, 3.8) is 0 Å². The van der Waals surface area contributed by atoms with E-state index in [0.29, 0.717) is 11.3 Å². The molecule has 0 aromatic heterocycles. The van der Waals surface area contributed by atoms with E-state index in [1.807, 2.05) is 13.0 Å². The van der Waals surface area contributed by atoms with Gasteiger partial charge in [-0.15, -0.1) is 0 Å². The van der Waals surface area contributed by atoms with Gasteiger partial charge in [-0.05, 0) is 18.6 Å². The van der Waals surface area contributed by atoms with Crippen LogP contribution in [0, 0.1) is 6.92 Å². The van der Waals surface area contributed by atoms with Crippen LogP contribution in [-0.2, 0) is 4.74 Å². The molecule has 0 radical (unpaired) electrons. The Morgan fingerprint density at radius 3 is 2.88 bits per heavy atom. The third-order valence-corrected chi connectivity index (χ3v) is 2.39. The number of aliphatic hydroxyl groups excluding tert-OH is 1. The number of ether oxygens (including phenoxy) is 1. The number of nitrogens with two attached hydrogens (primary N) is 1. The lowest BCUT2D eigenvalue weighted by atomic mass is 10.1. The largest absolute Gasteiger partial charge is 0.398 e. The maximum absolute atomic E-state index is 11.9. The van der Waals surface area contributed by atoms with Crippen molar-refractivity contribution in [3.8, 4) is 0 Å². The van der Waals surface area contributed by atoms with Crippen molar-refractivity contribution in [1.82, 2.24) is 5.32 Å². The van der Waals surface area contributed by atoms with Crippen LogP contribution in [0.2, 0.25) is 0 Å². The molecule has 1 rings (SSSR count). The molecular formula is C12H18N2O3. The van der Waals surface area contributed by atoms with E-state index < -0.39 is 6.10 Å². The van der Waals surface area contributed by atoms with Crippen molar-refractivity contribution in [3.05, 3.63) is 29.3 Å². The fourth-order valence-corrected chi connectivity index (χ4v) is 1.55. The number of aryl methyl sites for hydroxylation is 1. The van der Waals surface area contributed by atoms with Crippen molar-refractivity contribution in [2.75, 3.05) is 26.0 Å². The van der Waals surface area contributed by atoms with Crippen LogP contribution in [0.4, 0.5) is 5.69 Å². The van der Waals surface area contributed by atoms with Crippen molar-refractivity contribution in [2.24, 2.45) is 0 Å². The average molecular weight is 238 g/mol. The molecule has 1 atom stereocenters. The molecule has 17 heavy (non-hydrogen) atoms. The summed E-state index contributed by atoms with van der Waals surface area (Å²) in [5.41, 5.74) is 7.44. The summed E-state index contributed by atoms with van der Waals surface area (Å²) in [5, 5.41) is 12.0. The number of nitrogen functional groups attached to an aromatic ring is 1. The smallest absolute Gasteiger partial charge is 0.253 e. The molecule has 5 heteroatoms. The van der Waals surface area contributed by atoms with E-state index >= 15 is 0 Å². The first-order valence-corrected chi connectivity index (χ1v) is 5.36. The minimum Gasteiger partial charge on any atom is -0.398 e. The van der Waals surface area contributed by atoms with Crippen LogP contribution in [0.25, 0.3) is 0 Å². The zero-order valence-corrected chi connectivity index (χ0v) is 10.1. The summed E-state index contributed by atoms with van der Waals surface area (Å²) in [6, 6.07) is 5.28. The molecule has 1 aromatic carbocycles. The van der Waals surface area contributed by atoms with E-state index in [4.69, 9.17) is 10.5 Å². The number of carbonyl (C=O) groups is 1. The molecule has 0 aliphatic rings. The molecule has 0 bridgehead atoms. The molecule has 1 unspecified atom stereocenters. The number of benzene rings is 1. The van der Waals surface area contributed by atoms with Gasteiger partial charge in [-0.2, -0.15) is 0 Å². The van der Waals surface area contributed by atoms with Crippen LogP contribution in [0.5, 0.6) is 0 Å². The molecule has 0 saturated carbocycles. The Hall–Kier alpha value is -1.59. The Bertz CT molecular complexity index is 373. The summed E-state index contributed by atoms with van der Waals surface area (Å²) >= 11 is 0. The number of rotatable bonds is 5. The normalized spacial score (nSPS) is 12.2. The van der Waals surface area contributed by atoms with Gasteiger partial charge in [-0.3, -0.25) is 4.79 Å². The number of aliphatic hydroxyl groups is 1. The molecule has 0 fully saturated rings. The van der Waals surface area contributed by atoms with Crippen LogP contribution in [0.15, 0.2) is 18.2 Å². The van der Waals surface area contributed by atoms with Crippen LogP contribution < -0.4 is 11.1 Å². The molecule has 4 N–H and O–H groups in total. The monoisotopic (exact) mass is 238 g/mol. The molecule has 0 aliphatic heterocycles. The number of hydrogen-bond donors (Lipinski definition) is 3. The van der Waals surface area contributed by atoms with Crippen LogP contribution in [0.1, 0.15) is 15.9 Å². The highest BCUT2D eigenvalue weighted by Crippen LogP contribution is 2.15. The fourth-order valence-electron chi connectivity index (χ4n) is 1.55. The summed E-state index contributed by atoms with van der Waals surface area (Å²) in [6.45, 7) is 2.14. The molecule has 5 nitrogen and oxygen atoms in total.